The first-order valence-electron chi connectivity index (χ1n) is 42.6. The lowest BCUT2D eigenvalue weighted by Gasteiger charge is -2.23. The van der Waals surface area contributed by atoms with E-state index in [-0.39, 0.29) is 23.7 Å². The lowest BCUT2D eigenvalue weighted by molar-refractivity contribution is -0.145. The zero-order chi connectivity index (χ0) is 69.3. The summed E-state index contributed by atoms with van der Waals surface area (Å²) in [6.07, 6.45) is 76.1. The zero-order valence-corrected chi connectivity index (χ0v) is 65.1. The number of hydrogen-bond acceptors (Lipinski definition) is 11. The summed E-state index contributed by atoms with van der Waals surface area (Å²) in [5.74, 6) is -0.0817. The molecule has 0 aliphatic rings. The summed E-state index contributed by atoms with van der Waals surface area (Å²) in [4.78, 5) is 54.3. The molecule has 0 heterocycles. The van der Waals surface area contributed by atoms with Crippen LogP contribution in [0.5, 0.6) is 0 Å². The lowest BCUT2D eigenvalue weighted by atomic mass is 10.0. The van der Waals surface area contributed by atoms with Crippen molar-refractivity contribution < 1.29 is 33.4 Å². The summed E-state index contributed by atoms with van der Waals surface area (Å²) in [6.45, 7) is 22.9. The maximum Gasteiger partial charge on any atom is 0.305 e. The maximum atomic E-state index is 12.7. The van der Waals surface area contributed by atoms with Gasteiger partial charge in [0.05, 0.1) is 19.8 Å². The van der Waals surface area contributed by atoms with Crippen LogP contribution in [0.1, 0.15) is 433 Å². The highest BCUT2D eigenvalue weighted by atomic mass is 16.5. The van der Waals surface area contributed by atoms with E-state index >= 15 is 0 Å². The van der Waals surface area contributed by atoms with Gasteiger partial charge in [0.25, 0.3) is 0 Å². The van der Waals surface area contributed by atoms with E-state index in [1.165, 1.54) is 302 Å². The Bertz CT molecular complexity index is 1450. The summed E-state index contributed by atoms with van der Waals surface area (Å²) in [5.41, 5.74) is 0. The third-order valence-electron chi connectivity index (χ3n) is 19.2. The normalized spacial score (nSPS) is 11.5. The van der Waals surface area contributed by atoms with Crippen molar-refractivity contribution in [3.05, 3.63) is 0 Å². The summed E-state index contributed by atoms with van der Waals surface area (Å²) in [7, 11) is 0. The smallest absolute Gasteiger partial charge is 0.305 e. The number of esters is 3. The van der Waals surface area contributed by atoms with Crippen molar-refractivity contribution >= 4 is 23.7 Å². The third-order valence-corrected chi connectivity index (χ3v) is 19.2. The maximum absolute atomic E-state index is 12.7. The van der Waals surface area contributed by atoms with Crippen LogP contribution >= 0.6 is 0 Å². The number of carbonyl (C=O) groups is 4. The van der Waals surface area contributed by atoms with Gasteiger partial charge in [-0.2, -0.15) is 0 Å². The average Bonchev–Trinajstić information content (AvgIpc) is 3.72. The van der Waals surface area contributed by atoms with Crippen LogP contribution in [0.2, 0.25) is 0 Å². The molecule has 0 aliphatic heterocycles. The van der Waals surface area contributed by atoms with Gasteiger partial charge >= 0.3 is 17.9 Å². The number of unbranched alkanes of at least 4 members (excludes halogenated alkanes) is 49. The first kappa shape index (κ1) is 95.0. The molecule has 0 amide bonds. The molecule has 11 nitrogen and oxygen atoms in total. The number of nitrogens with one attached hydrogen (secondary N) is 2. The fourth-order valence-electron chi connectivity index (χ4n) is 12.9. The monoisotopic (exact) mass is 1350 g/mol. The number of ether oxygens (including phenoxy) is 3. The molecular formula is C84H168N4O7. The van der Waals surface area contributed by atoms with E-state index in [0.717, 1.165) is 130 Å². The van der Waals surface area contributed by atoms with Gasteiger partial charge in [-0.25, -0.2) is 0 Å². The molecule has 0 spiro atoms. The number of rotatable bonds is 80. The molecule has 0 aliphatic carbocycles. The van der Waals surface area contributed by atoms with E-state index in [4.69, 9.17) is 14.2 Å². The molecule has 2 N–H and O–H groups in total. The number of hydrogen-bond donors (Lipinski definition) is 2. The predicted molar refractivity (Wildman–Crippen MR) is 412 cm³/mol. The van der Waals surface area contributed by atoms with Crippen molar-refractivity contribution in [3.63, 3.8) is 0 Å². The first-order chi connectivity index (χ1) is 46.7. The molecule has 0 aromatic carbocycles. The molecule has 0 unspecified atom stereocenters. The molecule has 0 aromatic rings. The Labute approximate surface area is 593 Å². The molecule has 0 fully saturated rings. The first-order valence-corrected chi connectivity index (χ1v) is 42.6. The predicted octanol–water partition coefficient (Wildman–Crippen LogP) is 23.9. The van der Waals surface area contributed by atoms with E-state index < -0.39 is 0 Å². The second kappa shape index (κ2) is 84.3. The number of ketones is 1. The summed E-state index contributed by atoms with van der Waals surface area (Å²) < 4.78 is 16.8. The highest BCUT2D eigenvalue weighted by Crippen LogP contribution is 2.18. The highest BCUT2D eigenvalue weighted by Gasteiger charge is 2.12. The summed E-state index contributed by atoms with van der Waals surface area (Å²) in [5, 5.41) is 7.17. The Hall–Kier alpha value is -2.08. The van der Waals surface area contributed by atoms with Gasteiger partial charge in [-0.05, 0) is 78.0 Å². The van der Waals surface area contributed by atoms with Crippen molar-refractivity contribution in [1.29, 1.82) is 0 Å². The van der Waals surface area contributed by atoms with Gasteiger partial charge in [0.15, 0.2) is 0 Å². The minimum absolute atomic E-state index is 0.0961. The molecule has 0 saturated carbocycles. The third kappa shape index (κ3) is 84.3. The fraction of sp³-hybridized carbons (Fsp3) is 0.952. The van der Waals surface area contributed by atoms with Gasteiger partial charge < -0.3 is 39.4 Å². The van der Waals surface area contributed by atoms with Gasteiger partial charge in [0.2, 0.25) is 0 Å². The van der Waals surface area contributed by atoms with Gasteiger partial charge in [0, 0.05) is 65.0 Å². The van der Waals surface area contributed by atoms with Crippen molar-refractivity contribution in [3.8, 4) is 0 Å². The number of Topliss-reactive ketones (excluding diaryl/α,β-unsaturated/α-hetero) is 1. The van der Waals surface area contributed by atoms with Gasteiger partial charge in [-0.1, -0.05) is 356 Å². The van der Waals surface area contributed by atoms with Gasteiger partial charge in [-0.3, -0.25) is 14.4 Å². The second-order valence-electron chi connectivity index (χ2n) is 28.9. The number of carbonyl (C=O) groups excluding carboxylic acids is 4. The molecule has 566 valence electrons. The van der Waals surface area contributed by atoms with Crippen LogP contribution in [0.4, 0.5) is 0 Å². The molecule has 0 aromatic heterocycles. The molecule has 0 saturated heterocycles. The van der Waals surface area contributed by atoms with Gasteiger partial charge in [0.1, 0.15) is 5.78 Å². The minimum Gasteiger partial charge on any atom is -0.466 e. The van der Waals surface area contributed by atoms with Crippen molar-refractivity contribution in [1.82, 2.24) is 20.4 Å². The Morgan fingerprint density at radius 3 is 0.589 bits per heavy atom. The van der Waals surface area contributed by atoms with E-state index in [2.05, 4.69) is 55.1 Å². The number of nitrogens with zero attached hydrogens (tertiary/aromatic N) is 2. The SMILES string of the molecule is CCCCCCCCCCCCCCCC.CCCCCCCCCCCCCCCOC(=O)CCCN(CCCC(C)=O)CCNCCNCCN(CCCC(=O)OCCCCCCCCCCCCCCC)CCCC(=O)OCCCCCCCCCCCCCCC. The standard InChI is InChI=1S/C68H134N4O7.C16H34/c1-5-8-11-14-17-20-23-26-29-32-35-38-41-62-77-66(74)49-45-57-71(56-44-48-65(4)73)60-54-69-52-53-70-55-61-72(58-46-50-67(75)78-63-42-39-36-33-30-27-24-21-18-15-12-9-6-2)59-47-51-68(76)79-64-43-40-37-34-31-28-25-22-19-16-13-10-7-3;1-3-5-7-9-11-13-15-16-14-12-10-8-6-4-2/h69-70H,5-64H2,1-4H3;3-16H2,1-2H3. The van der Waals surface area contributed by atoms with Crippen molar-refractivity contribution in [2.45, 2.75) is 433 Å². The van der Waals surface area contributed by atoms with Crippen molar-refractivity contribution in [2.75, 3.05) is 85.3 Å². The second-order valence-corrected chi connectivity index (χ2v) is 28.9. The Morgan fingerprint density at radius 2 is 0.400 bits per heavy atom. The molecule has 0 radical (unpaired) electrons. The summed E-state index contributed by atoms with van der Waals surface area (Å²) in [6, 6.07) is 0. The van der Waals surface area contributed by atoms with Crippen LogP contribution in [0.3, 0.4) is 0 Å². The minimum atomic E-state index is -0.102. The Morgan fingerprint density at radius 1 is 0.221 bits per heavy atom. The largest absolute Gasteiger partial charge is 0.466 e. The van der Waals surface area contributed by atoms with Crippen LogP contribution in [0.15, 0.2) is 0 Å². The van der Waals surface area contributed by atoms with Crippen LogP contribution in [-0.4, -0.2) is 119 Å². The van der Waals surface area contributed by atoms with E-state index in [9.17, 15) is 19.2 Å². The highest BCUT2D eigenvalue weighted by molar-refractivity contribution is 5.75. The molecule has 0 bridgehead atoms. The lowest BCUT2D eigenvalue weighted by Crippen LogP contribution is -2.38. The van der Waals surface area contributed by atoms with Crippen LogP contribution < -0.4 is 10.6 Å². The van der Waals surface area contributed by atoms with Crippen LogP contribution in [-0.2, 0) is 33.4 Å². The van der Waals surface area contributed by atoms with E-state index in [0.29, 0.717) is 45.5 Å². The molecular weight excluding hydrogens is 1180 g/mol. The Kier molecular flexibility index (Phi) is 84.3. The summed E-state index contributed by atoms with van der Waals surface area (Å²) >= 11 is 0. The fourth-order valence-corrected chi connectivity index (χ4v) is 12.9. The van der Waals surface area contributed by atoms with E-state index in [1.807, 2.05) is 0 Å². The zero-order valence-electron chi connectivity index (χ0n) is 65.1. The quantitative estimate of drug-likeness (QED) is 0.0343. The van der Waals surface area contributed by atoms with Crippen LogP contribution in [0, 0.1) is 0 Å². The molecule has 95 heavy (non-hydrogen) atoms. The van der Waals surface area contributed by atoms with Gasteiger partial charge in [-0.15, -0.1) is 0 Å². The molecule has 11 heteroatoms. The average molecular weight is 1350 g/mol. The molecule has 0 rings (SSSR count). The van der Waals surface area contributed by atoms with E-state index in [1.54, 1.807) is 6.92 Å². The Balaban J connectivity index is 0. The molecule has 0 atom stereocenters. The van der Waals surface area contributed by atoms with Crippen LogP contribution in [0.25, 0.3) is 0 Å². The topological polar surface area (TPSA) is 127 Å². The van der Waals surface area contributed by atoms with Crippen molar-refractivity contribution in [2.24, 2.45) is 0 Å².